The van der Waals surface area contributed by atoms with Crippen molar-refractivity contribution in [3.8, 4) is 0 Å². The van der Waals surface area contributed by atoms with Gasteiger partial charge in [-0.25, -0.2) is 0 Å². The van der Waals surface area contributed by atoms with Crippen molar-refractivity contribution in [3.05, 3.63) is 0 Å². The van der Waals surface area contributed by atoms with Gasteiger partial charge in [-0.2, -0.15) is 0 Å². The summed E-state index contributed by atoms with van der Waals surface area (Å²) >= 11 is 7.90. The molecule has 0 aromatic heterocycles. The molecule has 4 rings (SSSR count). The van der Waals surface area contributed by atoms with Gasteiger partial charge in [-0.1, -0.05) is 0 Å². The Hall–Kier alpha value is 0.432. The molecule has 0 N–H and O–H groups in total. The first-order chi connectivity index (χ1) is 12.2. The van der Waals surface area contributed by atoms with Crippen LogP contribution in [0.4, 0.5) is 0 Å². The maximum atomic E-state index is 6.60. The minimum absolute atomic E-state index is 0.156. The van der Waals surface area contributed by atoms with Gasteiger partial charge < -0.3 is 0 Å². The molecule has 26 heavy (non-hydrogen) atoms. The molecule has 2 spiro atoms. The Morgan fingerprint density at radius 1 is 0.808 bits per heavy atom. The fourth-order valence-corrected chi connectivity index (χ4v) is 10.4. The molecule has 0 unspecified atom stereocenters. The van der Waals surface area contributed by atoms with E-state index in [-0.39, 0.29) is 23.3 Å². The van der Waals surface area contributed by atoms with Crippen LogP contribution in [0.2, 0.25) is 0 Å². The van der Waals surface area contributed by atoms with Crippen LogP contribution in [0, 0.1) is 0 Å². The molecule has 2 saturated carbocycles. The number of aliphatic imine (C=N–C) groups is 2. The van der Waals surface area contributed by atoms with E-state index in [9.17, 15) is 0 Å². The molecule has 2 aliphatic heterocycles. The summed E-state index contributed by atoms with van der Waals surface area (Å²) in [5.41, 5.74) is -0.311. The molecule has 0 saturated heterocycles. The van der Waals surface area contributed by atoms with Gasteiger partial charge in [0.2, 0.25) is 0 Å². The molecule has 0 bridgehead atoms. The third-order valence-corrected chi connectivity index (χ3v) is 15.0. The first-order valence-electron chi connectivity index (χ1n) is 9.71. The summed E-state index contributed by atoms with van der Waals surface area (Å²) in [6.45, 7) is 4.36. The van der Waals surface area contributed by atoms with Gasteiger partial charge >= 0.3 is 171 Å². The summed E-state index contributed by atoms with van der Waals surface area (Å²) < 4.78 is 14.6. The Labute approximate surface area is 170 Å². The Morgan fingerprint density at radius 3 is 1.50 bits per heavy atom. The van der Waals surface area contributed by atoms with Crippen molar-refractivity contribution in [2.24, 2.45) is 9.98 Å². The molecule has 4 aliphatic rings. The molecule has 7 heteroatoms. The van der Waals surface area contributed by atoms with Gasteiger partial charge in [-0.3, -0.25) is 0 Å². The standard InChI is InChI=1S/2C9H14NO.CH2.2BrH.Pd/c2*1-8-9(11-7-10-8)5-3-2-4-6-9;;;;/h2*8H,2-6H2,1H3;1H2;2*1H;/q;;;;;+2/p-2/t2*8-;;;;/m00..../s1. The number of hydrogen-bond donors (Lipinski definition) is 0. The molecule has 0 radical (unpaired) electrons. The maximum absolute atomic E-state index is 6.60. The Morgan fingerprint density at radius 2 is 1.15 bits per heavy atom. The second kappa shape index (κ2) is 6.47. The van der Waals surface area contributed by atoms with Gasteiger partial charge in [0, 0.05) is 0 Å². The number of ether oxygens (including phenoxy) is 2. The third kappa shape index (κ3) is 3.04. The van der Waals surface area contributed by atoms with Crippen LogP contribution in [-0.4, -0.2) is 37.0 Å². The van der Waals surface area contributed by atoms with Crippen molar-refractivity contribution in [2.75, 3.05) is 0 Å². The Balaban J connectivity index is 1.62. The summed E-state index contributed by atoms with van der Waals surface area (Å²) in [5, 5.41) is 0. The first kappa shape index (κ1) is 19.7. The first-order valence-corrected chi connectivity index (χ1v) is 19.5. The van der Waals surface area contributed by atoms with Crippen molar-refractivity contribution < 1.29 is 19.3 Å². The van der Waals surface area contributed by atoms with E-state index in [4.69, 9.17) is 19.5 Å². The van der Waals surface area contributed by atoms with E-state index in [0.29, 0.717) is 8.74 Å². The molecule has 4 nitrogen and oxygen atoms in total. The van der Waals surface area contributed by atoms with Crippen LogP contribution < -0.4 is 0 Å². The fourth-order valence-electron chi connectivity index (χ4n) is 4.73. The SMILES string of the molecule is [CH2]=[Pd]([Br])([Br])([C]1=N[C@@H](C)C2(CCCCC2)O1)[C]1=N[C@@H](C)C2(CCCCC2)O1. The molecular formula is C19H30Br2N2O2Pd. The van der Waals surface area contributed by atoms with E-state index in [1.54, 1.807) is 0 Å². The summed E-state index contributed by atoms with van der Waals surface area (Å²) in [6, 6.07) is 0.320. The molecular weight excluding hydrogens is 554 g/mol. The van der Waals surface area contributed by atoms with Crippen molar-refractivity contribution >= 4 is 40.6 Å². The van der Waals surface area contributed by atoms with E-state index < -0.39 is 9.83 Å². The molecule has 2 fully saturated rings. The van der Waals surface area contributed by atoms with E-state index >= 15 is 0 Å². The zero-order valence-corrected chi connectivity index (χ0v) is 20.4. The predicted molar refractivity (Wildman–Crippen MR) is 113 cm³/mol. The summed E-state index contributed by atoms with van der Waals surface area (Å²) in [7, 11) is -3.62. The van der Waals surface area contributed by atoms with E-state index in [1.165, 1.54) is 38.5 Å². The van der Waals surface area contributed by atoms with Gasteiger partial charge in [-0.05, 0) is 0 Å². The fraction of sp³-hybridized carbons (Fsp3) is 0.842. The average Bonchev–Trinajstić information content (AvgIpc) is 3.09. The average molecular weight is 585 g/mol. The van der Waals surface area contributed by atoms with Crippen LogP contribution in [0.25, 0.3) is 0 Å². The van der Waals surface area contributed by atoms with Gasteiger partial charge in [-0.15, -0.1) is 0 Å². The van der Waals surface area contributed by atoms with Crippen LogP contribution in [0.3, 0.4) is 0 Å². The number of hydrogen-bond acceptors (Lipinski definition) is 4. The Kier molecular flexibility index (Phi) is 4.91. The van der Waals surface area contributed by atoms with Crippen molar-refractivity contribution in [1.29, 1.82) is 0 Å². The van der Waals surface area contributed by atoms with Crippen LogP contribution in [0.5, 0.6) is 0 Å². The number of nitrogens with zero attached hydrogens (tertiary/aromatic N) is 2. The molecule has 2 atom stereocenters. The second-order valence-corrected chi connectivity index (χ2v) is 30.4. The molecule has 152 valence electrons. The van der Waals surface area contributed by atoms with E-state index in [1.807, 2.05) is 0 Å². The van der Waals surface area contributed by atoms with Gasteiger partial charge in [0.15, 0.2) is 0 Å². The van der Waals surface area contributed by atoms with Gasteiger partial charge in [0.25, 0.3) is 0 Å². The Bertz CT molecular complexity index is 661. The molecule has 0 aromatic carbocycles. The minimum atomic E-state index is -3.62. The van der Waals surface area contributed by atoms with Crippen LogP contribution in [0.1, 0.15) is 78.1 Å². The van der Waals surface area contributed by atoms with E-state index in [2.05, 4.69) is 45.7 Å². The topological polar surface area (TPSA) is 43.2 Å². The predicted octanol–water partition coefficient (Wildman–Crippen LogP) is 5.68. The van der Waals surface area contributed by atoms with Crippen LogP contribution in [0.15, 0.2) is 9.98 Å². The normalized spacial score (nSPS) is 34.5. The molecule has 0 amide bonds. The van der Waals surface area contributed by atoms with Gasteiger partial charge in [0.05, 0.1) is 0 Å². The quantitative estimate of drug-likeness (QED) is 0.392. The zero-order chi connectivity index (χ0) is 18.7. The zero-order valence-electron chi connectivity index (χ0n) is 15.7. The molecule has 0 aromatic rings. The summed E-state index contributed by atoms with van der Waals surface area (Å²) in [6.07, 6.45) is 11.7. The molecule has 2 heterocycles. The van der Waals surface area contributed by atoms with Gasteiger partial charge in [0.1, 0.15) is 0 Å². The second-order valence-electron chi connectivity index (χ2n) is 8.27. The van der Waals surface area contributed by atoms with Crippen molar-refractivity contribution in [2.45, 2.75) is 101 Å². The summed E-state index contributed by atoms with van der Waals surface area (Å²) in [4.78, 5) is 14.5. The number of halogens is 2. The van der Waals surface area contributed by atoms with Crippen molar-refractivity contribution in [3.63, 3.8) is 0 Å². The van der Waals surface area contributed by atoms with Crippen LogP contribution >= 0.6 is 26.9 Å². The monoisotopic (exact) mass is 582 g/mol. The summed E-state index contributed by atoms with van der Waals surface area (Å²) in [5.74, 6) is 0. The van der Waals surface area contributed by atoms with E-state index in [0.717, 1.165) is 25.7 Å². The van der Waals surface area contributed by atoms with Crippen molar-refractivity contribution in [1.82, 2.24) is 0 Å². The number of rotatable bonds is 2. The molecule has 2 aliphatic carbocycles. The van der Waals surface area contributed by atoms with Crippen LogP contribution in [-0.2, 0) is 19.3 Å². The third-order valence-electron chi connectivity index (χ3n) is 6.59.